The lowest BCUT2D eigenvalue weighted by molar-refractivity contribution is -0.149. The van der Waals surface area contributed by atoms with Crippen molar-refractivity contribution in [2.24, 2.45) is 0 Å². The molecule has 0 saturated carbocycles. The summed E-state index contributed by atoms with van der Waals surface area (Å²) in [6, 6.07) is 19.7. The number of benzene rings is 4. The number of nitrogens with zero attached hydrogens (tertiary/aromatic N) is 11. The number of aromatic nitrogens is 5. The monoisotopic (exact) mass is 1260 g/mol. The second-order valence-electron chi connectivity index (χ2n) is 25.5. The number of thiazole rings is 1. The van der Waals surface area contributed by atoms with E-state index in [0.717, 1.165) is 72.7 Å². The minimum absolute atomic E-state index is 0.0374. The average Bonchev–Trinajstić information content (AvgIpc) is 1.63. The van der Waals surface area contributed by atoms with Gasteiger partial charge in [0.1, 0.15) is 22.8 Å². The molecule has 6 aliphatic heterocycles. The highest BCUT2D eigenvalue weighted by Gasteiger charge is 2.45. The molecule has 1 N–H and O–H groups in total. The van der Waals surface area contributed by atoms with Crippen LogP contribution in [0.4, 0.5) is 34.9 Å². The van der Waals surface area contributed by atoms with Gasteiger partial charge in [-0.1, -0.05) is 24.3 Å². The van der Waals surface area contributed by atoms with Crippen molar-refractivity contribution in [2.45, 2.75) is 124 Å². The molecule has 2 atom stereocenters. The van der Waals surface area contributed by atoms with Crippen molar-refractivity contribution >= 4 is 63.7 Å². The van der Waals surface area contributed by atoms with E-state index in [1.54, 1.807) is 53.1 Å². The number of ether oxygens (including phenoxy) is 3. The first-order valence-corrected chi connectivity index (χ1v) is 31.9. The Labute approximate surface area is 530 Å². The van der Waals surface area contributed by atoms with Crippen LogP contribution in [0.3, 0.4) is 0 Å². The minimum atomic E-state index is -1.04. The number of halogens is 2. The molecule has 0 bridgehead atoms. The fourth-order valence-corrected chi connectivity index (χ4v) is 13.3. The Morgan fingerprint density at radius 3 is 1.44 bits per heavy atom. The van der Waals surface area contributed by atoms with E-state index in [-0.39, 0.29) is 54.1 Å². The molecule has 476 valence electrons. The lowest BCUT2D eigenvalue weighted by Gasteiger charge is -2.36. The number of piperazine rings is 2. The van der Waals surface area contributed by atoms with Gasteiger partial charge in [-0.2, -0.15) is 0 Å². The number of rotatable bonds is 12. The van der Waals surface area contributed by atoms with E-state index in [2.05, 4.69) is 30.1 Å². The van der Waals surface area contributed by atoms with Gasteiger partial charge < -0.3 is 52.7 Å². The maximum absolute atomic E-state index is 15.7. The molecule has 4 aromatic carbocycles. The number of hydrogen-bond donors (Lipinski definition) is 1. The predicted octanol–water partition coefficient (Wildman–Crippen LogP) is 10.4. The third-order valence-corrected chi connectivity index (χ3v) is 17.9. The van der Waals surface area contributed by atoms with Gasteiger partial charge in [-0.15, -0.1) is 11.3 Å². The summed E-state index contributed by atoms with van der Waals surface area (Å²) in [4.78, 5) is 103. The molecule has 2 saturated heterocycles. The summed E-state index contributed by atoms with van der Waals surface area (Å²) in [6.07, 6.45) is 7.76. The molecule has 21 nitrogen and oxygen atoms in total. The van der Waals surface area contributed by atoms with Gasteiger partial charge in [0.2, 0.25) is 0 Å². The SMILES string of the molecule is CC(C)(C)OC(=O)N1CCN(c2ccc(-c3cc(F)c4c(c3)C(=O)N([C@@H](C(=O)Nc3nccs3)c3ncn5c3CCC5)C4)cc2)CC1.CCOC(=O)[C@@H](c1ncn2c1CCC2)N1Cc2c(F)cc(-c3ccc(N4CCN(C(=O)OC(C)(C)C)CC4)cc3)cc2C1=O. The second kappa shape index (κ2) is 25.2. The quantitative estimate of drug-likeness (QED) is 0.0891. The zero-order valence-corrected chi connectivity index (χ0v) is 53.0. The Kier molecular flexibility index (Phi) is 17.2. The van der Waals surface area contributed by atoms with Crippen LogP contribution >= 0.6 is 11.3 Å². The maximum atomic E-state index is 15.7. The molecule has 24 heteroatoms. The molecule has 0 unspecified atom stereocenters. The molecule has 6 aliphatic rings. The highest BCUT2D eigenvalue weighted by atomic mass is 32.1. The van der Waals surface area contributed by atoms with Crippen molar-refractivity contribution in [1.82, 2.24) is 43.7 Å². The zero-order valence-electron chi connectivity index (χ0n) is 52.2. The normalized spacial score (nSPS) is 16.8. The molecule has 13 rings (SSSR count). The molecule has 0 spiro atoms. The Morgan fingerprint density at radius 2 is 1.02 bits per heavy atom. The lowest BCUT2D eigenvalue weighted by Crippen LogP contribution is -2.50. The standard InChI is InChI=1S/C34H36FN7O4S.C33H38FN5O5/c1-34(2,3)46-33(45)40-14-12-39(13-15-40)23-8-6-21(7-9-23)22-17-24-25(26(35)18-22)19-42(31(24)44)29(30(43)38-32-36-10-16-47-32)28-27-5-4-11-41(27)20-37-28;1-5-43-31(41)29(28-27-7-6-12-38(27)20-35-28)39-19-25-24(30(39)40)17-22(18-26(25)34)21-8-10-23(11-9-21)36-13-15-37(16-14-36)32(42)44-33(2,3)4/h6-10,16-18,20,29H,4-5,11-15,19H2,1-3H3,(H,36,38,43);8-11,17-18,20,29H,5-7,12-16,19H2,1-4H3/t2*29-/m11/s1. The number of fused-ring (bicyclic) bond motifs is 4. The molecule has 0 radical (unpaired) electrons. The summed E-state index contributed by atoms with van der Waals surface area (Å²) in [5, 5.41) is 5.00. The molecule has 7 aromatic rings. The molecule has 91 heavy (non-hydrogen) atoms. The van der Waals surface area contributed by atoms with Gasteiger partial charge in [-0.3, -0.25) is 19.7 Å². The van der Waals surface area contributed by atoms with Crippen LogP contribution < -0.4 is 15.1 Å². The van der Waals surface area contributed by atoms with Gasteiger partial charge in [0, 0.05) is 122 Å². The third-order valence-electron chi connectivity index (χ3n) is 17.2. The Morgan fingerprint density at radius 1 is 0.582 bits per heavy atom. The van der Waals surface area contributed by atoms with Crippen LogP contribution in [-0.2, 0) is 62.8 Å². The van der Waals surface area contributed by atoms with Gasteiger partial charge in [0.25, 0.3) is 17.7 Å². The number of carbonyl (C=O) groups excluding carboxylic acids is 6. The van der Waals surface area contributed by atoms with Gasteiger partial charge in [0.15, 0.2) is 17.2 Å². The van der Waals surface area contributed by atoms with Crippen LogP contribution in [0.2, 0.25) is 0 Å². The van der Waals surface area contributed by atoms with Crippen LogP contribution in [0, 0.1) is 11.6 Å². The maximum Gasteiger partial charge on any atom is 0.410 e. The van der Waals surface area contributed by atoms with E-state index >= 15 is 8.78 Å². The molecular formula is C67H74F2N12O9S. The summed E-state index contributed by atoms with van der Waals surface area (Å²) in [5.41, 5.74) is 7.46. The van der Waals surface area contributed by atoms with Crippen molar-refractivity contribution in [3.05, 3.63) is 154 Å². The molecule has 3 aromatic heterocycles. The molecule has 5 amide bonds. The summed E-state index contributed by atoms with van der Waals surface area (Å²) >= 11 is 1.28. The van der Waals surface area contributed by atoms with E-state index in [1.165, 1.54) is 33.3 Å². The molecule has 2 fully saturated rings. The number of amides is 5. The number of anilines is 3. The van der Waals surface area contributed by atoms with Crippen molar-refractivity contribution in [2.75, 3.05) is 74.1 Å². The topological polar surface area (TPSA) is 210 Å². The molecule has 0 aliphatic carbocycles. The Balaban J connectivity index is 0.000000176. The van der Waals surface area contributed by atoms with E-state index in [1.807, 2.05) is 99.2 Å². The molecular weight excluding hydrogens is 1190 g/mol. The fraction of sp³-hybridized carbons (Fsp3) is 0.418. The number of hydrogen-bond acceptors (Lipinski definition) is 15. The lowest BCUT2D eigenvalue weighted by atomic mass is 9.99. The predicted molar refractivity (Wildman–Crippen MR) is 337 cm³/mol. The zero-order chi connectivity index (χ0) is 64.0. The number of imidazole rings is 2. The van der Waals surface area contributed by atoms with Gasteiger partial charge in [-0.05, 0) is 145 Å². The largest absolute Gasteiger partial charge is 0.464 e. The van der Waals surface area contributed by atoms with Crippen molar-refractivity contribution in [3.8, 4) is 22.3 Å². The number of nitrogens with one attached hydrogen (secondary N) is 1. The summed E-state index contributed by atoms with van der Waals surface area (Å²) in [6.45, 7) is 19.4. The van der Waals surface area contributed by atoms with Crippen LogP contribution in [0.25, 0.3) is 22.3 Å². The Hall–Kier alpha value is -9.19. The van der Waals surface area contributed by atoms with E-state index in [9.17, 15) is 28.8 Å². The smallest absolute Gasteiger partial charge is 0.410 e. The van der Waals surface area contributed by atoms with Gasteiger partial charge >= 0.3 is 18.2 Å². The van der Waals surface area contributed by atoms with E-state index in [0.29, 0.717) is 80.0 Å². The van der Waals surface area contributed by atoms with Crippen LogP contribution in [0.1, 0.15) is 128 Å². The summed E-state index contributed by atoms with van der Waals surface area (Å²) < 4.78 is 51.7. The van der Waals surface area contributed by atoms with Crippen molar-refractivity contribution < 1.29 is 51.8 Å². The van der Waals surface area contributed by atoms with E-state index in [4.69, 9.17) is 14.2 Å². The van der Waals surface area contributed by atoms with Crippen LogP contribution in [0.15, 0.2) is 97.0 Å². The Bertz CT molecular complexity index is 3920. The minimum Gasteiger partial charge on any atom is -0.464 e. The van der Waals surface area contributed by atoms with Gasteiger partial charge in [0.05, 0.1) is 43.7 Å². The first-order chi connectivity index (χ1) is 43.6. The summed E-state index contributed by atoms with van der Waals surface area (Å²) in [7, 11) is 0. The number of aryl methyl sites for hydroxylation is 2. The van der Waals surface area contributed by atoms with Gasteiger partial charge in [-0.25, -0.2) is 38.1 Å². The summed E-state index contributed by atoms with van der Waals surface area (Å²) in [5.74, 6) is -2.82. The number of carbonyl (C=O) groups is 6. The second-order valence-corrected chi connectivity index (χ2v) is 26.4. The highest BCUT2D eigenvalue weighted by molar-refractivity contribution is 7.13. The van der Waals surface area contributed by atoms with Crippen molar-refractivity contribution in [3.63, 3.8) is 0 Å². The highest BCUT2D eigenvalue weighted by Crippen LogP contribution is 2.41. The van der Waals surface area contributed by atoms with E-state index < -0.39 is 58.6 Å². The fourth-order valence-electron chi connectivity index (χ4n) is 12.7. The van der Waals surface area contributed by atoms with Crippen LogP contribution in [0.5, 0.6) is 0 Å². The third kappa shape index (κ3) is 13.0. The molecule has 9 heterocycles. The number of esters is 1. The average molecular weight is 1260 g/mol. The van der Waals surface area contributed by atoms with Crippen molar-refractivity contribution in [1.29, 1.82) is 0 Å². The van der Waals surface area contributed by atoms with Crippen LogP contribution in [-0.4, -0.2) is 150 Å². The first-order valence-electron chi connectivity index (χ1n) is 31.0. The first kappa shape index (κ1) is 62.0.